The molecular formula is C22H23N3O3. The molecule has 0 saturated carbocycles. The van der Waals surface area contributed by atoms with Gasteiger partial charge in [-0.05, 0) is 37.1 Å². The summed E-state index contributed by atoms with van der Waals surface area (Å²) < 4.78 is 0. The first-order chi connectivity index (χ1) is 13.5. The molecule has 3 amide bonds. The number of carbonyl (C=O) groups is 3. The highest BCUT2D eigenvalue weighted by Gasteiger charge is 2.60. The van der Waals surface area contributed by atoms with Gasteiger partial charge in [0.2, 0.25) is 11.6 Å². The molecule has 2 aromatic rings. The summed E-state index contributed by atoms with van der Waals surface area (Å²) in [7, 11) is 0. The molecule has 0 aromatic heterocycles. The molecule has 0 spiro atoms. The van der Waals surface area contributed by atoms with Crippen molar-refractivity contribution in [3.05, 3.63) is 59.7 Å². The van der Waals surface area contributed by atoms with Crippen LogP contribution in [-0.4, -0.2) is 34.8 Å². The molecule has 0 aliphatic carbocycles. The fourth-order valence-electron chi connectivity index (χ4n) is 4.25. The maximum Gasteiger partial charge on any atom is 0.271 e. The SMILES string of the molecule is CCCN1C(=O)c2ccccc2N2C(=O)CC[C@@]12C(=O)Nc1ccccc1C. The van der Waals surface area contributed by atoms with Gasteiger partial charge in [0.15, 0.2) is 0 Å². The smallest absolute Gasteiger partial charge is 0.271 e. The van der Waals surface area contributed by atoms with Crippen LogP contribution in [0.1, 0.15) is 42.1 Å². The molecule has 144 valence electrons. The van der Waals surface area contributed by atoms with E-state index in [4.69, 9.17) is 0 Å². The number of rotatable bonds is 4. The first-order valence-corrected chi connectivity index (χ1v) is 9.62. The minimum absolute atomic E-state index is 0.138. The molecule has 0 unspecified atom stereocenters. The van der Waals surface area contributed by atoms with Crippen molar-refractivity contribution < 1.29 is 14.4 Å². The van der Waals surface area contributed by atoms with Gasteiger partial charge in [-0.15, -0.1) is 0 Å². The van der Waals surface area contributed by atoms with E-state index in [1.807, 2.05) is 38.1 Å². The molecule has 2 aliphatic rings. The highest BCUT2D eigenvalue weighted by molar-refractivity contribution is 6.18. The number of carbonyl (C=O) groups excluding carboxylic acids is 3. The average Bonchev–Trinajstić information content (AvgIpc) is 3.05. The molecule has 1 saturated heterocycles. The van der Waals surface area contributed by atoms with E-state index in [2.05, 4.69) is 5.32 Å². The maximum absolute atomic E-state index is 13.6. The summed E-state index contributed by atoms with van der Waals surface area (Å²) in [5, 5.41) is 2.98. The maximum atomic E-state index is 13.6. The summed E-state index contributed by atoms with van der Waals surface area (Å²) in [6.45, 7) is 4.27. The quantitative estimate of drug-likeness (QED) is 0.889. The number of para-hydroxylation sites is 2. The van der Waals surface area contributed by atoms with Crippen molar-refractivity contribution in [1.82, 2.24) is 4.90 Å². The third kappa shape index (κ3) is 2.52. The van der Waals surface area contributed by atoms with Gasteiger partial charge in [-0.25, -0.2) is 0 Å². The van der Waals surface area contributed by atoms with Gasteiger partial charge in [0.05, 0.1) is 11.3 Å². The number of benzene rings is 2. The first-order valence-electron chi connectivity index (χ1n) is 9.62. The Morgan fingerprint density at radius 2 is 1.82 bits per heavy atom. The molecular weight excluding hydrogens is 354 g/mol. The van der Waals surface area contributed by atoms with Gasteiger partial charge >= 0.3 is 0 Å². The number of hydrogen-bond donors (Lipinski definition) is 1. The zero-order chi connectivity index (χ0) is 19.9. The van der Waals surface area contributed by atoms with Crippen LogP contribution in [0.25, 0.3) is 0 Å². The Bertz CT molecular complexity index is 971. The minimum atomic E-state index is -1.33. The van der Waals surface area contributed by atoms with Crippen LogP contribution in [0.2, 0.25) is 0 Å². The van der Waals surface area contributed by atoms with Gasteiger partial charge in [0.1, 0.15) is 0 Å². The van der Waals surface area contributed by atoms with Crippen LogP contribution >= 0.6 is 0 Å². The van der Waals surface area contributed by atoms with Gasteiger partial charge in [0, 0.05) is 25.1 Å². The Kier molecular flexibility index (Phi) is 4.41. The van der Waals surface area contributed by atoms with Gasteiger partial charge in [0.25, 0.3) is 11.8 Å². The third-order valence-corrected chi connectivity index (χ3v) is 5.58. The van der Waals surface area contributed by atoms with Gasteiger partial charge in [-0.3, -0.25) is 19.3 Å². The molecule has 1 atom stereocenters. The highest BCUT2D eigenvalue weighted by Crippen LogP contribution is 2.45. The first kappa shape index (κ1) is 18.2. The third-order valence-electron chi connectivity index (χ3n) is 5.58. The predicted octanol–water partition coefficient (Wildman–Crippen LogP) is 3.32. The van der Waals surface area contributed by atoms with Crippen molar-refractivity contribution in [3.63, 3.8) is 0 Å². The van der Waals surface area contributed by atoms with Gasteiger partial charge < -0.3 is 10.2 Å². The van der Waals surface area contributed by atoms with E-state index in [0.717, 1.165) is 5.56 Å². The van der Waals surface area contributed by atoms with Crippen molar-refractivity contribution in [2.24, 2.45) is 0 Å². The standard InChI is InChI=1S/C22H23N3O3/c1-3-14-24-20(27)16-9-5-7-11-18(16)25-19(26)12-13-22(24,25)21(28)23-17-10-6-4-8-15(17)2/h4-11H,3,12-14H2,1-2H3,(H,23,28)/t22-/m1/s1. The van der Waals surface area contributed by atoms with Crippen LogP contribution in [0.15, 0.2) is 48.5 Å². The van der Waals surface area contributed by atoms with Crippen LogP contribution in [0.4, 0.5) is 11.4 Å². The van der Waals surface area contributed by atoms with E-state index >= 15 is 0 Å². The molecule has 0 bridgehead atoms. The largest absolute Gasteiger partial charge is 0.322 e. The molecule has 28 heavy (non-hydrogen) atoms. The number of fused-ring (bicyclic) bond motifs is 3. The van der Waals surface area contributed by atoms with Gasteiger partial charge in [-0.1, -0.05) is 37.3 Å². The fraction of sp³-hybridized carbons (Fsp3) is 0.318. The predicted molar refractivity (Wildman–Crippen MR) is 107 cm³/mol. The average molecular weight is 377 g/mol. The minimum Gasteiger partial charge on any atom is -0.322 e. The lowest BCUT2D eigenvalue weighted by molar-refractivity contribution is -0.128. The Labute approximate surface area is 164 Å². The number of hydrogen-bond acceptors (Lipinski definition) is 3. The summed E-state index contributed by atoms with van der Waals surface area (Å²) in [6, 6.07) is 14.5. The van der Waals surface area contributed by atoms with Crippen LogP contribution in [-0.2, 0) is 9.59 Å². The van der Waals surface area contributed by atoms with Crippen LogP contribution in [0.5, 0.6) is 0 Å². The summed E-state index contributed by atoms with van der Waals surface area (Å²) in [4.78, 5) is 42.9. The van der Waals surface area contributed by atoms with Gasteiger partial charge in [-0.2, -0.15) is 0 Å². The molecule has 0 radical (unpaired) electrons. The monoisotopic (exact) mass is 377 g/mol. The summed E-state index contributed by atoms with van der Waals surface area (Å²) in [5.74, 6) is -0.687. The topological polar surface area (TPSA) is 69.7 Å². The molecule has 2 heterocycles. The molecule has 6 heteroatoms. The van der Waals surface area contributed by atoms with E-state index in [-0.39, 0.29) is 30.6 Å². The summed E-state index contributed by atoms with van der Waals surface area (Å²) in [6.07, 6.45) is 1.20. The summed E-state index contributed by atoms with van der Waals surface area (Å²) in [5.41, 5.74) is 1.25. The van der Waals surface area contributed by atoms with Crippen molar-refractivity contribution in [2.75, 3.05) is 16.8 Å². The zero-order valence-corrected chi connectivity index (χ0v) is 16.1. The van der Waals surface area contributed by atoms with E-state index in [0.29, 0.717) is 29.9 Å². The number of aryl methyl sites for hydroxylation is 1. The Morgan fingerprint density at radius 3 is 2.57 bits per heavy atom. The number of nitrogens with one attached hydrogen (secondary N) is 1. The lowest BCUT2D eigenvalue weighted by Crippen LogP contribution is -2.69. The summed E-state index contributed by atoms with van der Waals surface area (Å²) >= 11 is 0. The van der Waals surface area contributed by atoms with E-state index in [1.54, 1.807) is 29.2 Å². The van der Waals surface area contributed by atoms with Crippen molar-refractivity contribution in [3.8, 4) is 0 Å². The second-order valence-corrected chi connectivity index (χ2v) is 7.29. The van der Waals surface area contributed by atoms with Crippen molar-refractivity contribution in [1.29, 1.82) is 0 Å². The van der Waals surface area contributed by atoms with Crippen LogP contribution in [0, 0.1) is 6.92 Å². The Hall–Kier alpha value is -3.15. The van der Waals surface area contributed by atoms with Crippen LogP contribution in [0.3, 0.4) is 0 Å². The van der Waals surface area contributed by atoms with Crippen molar-refractivity contribution >= 4 is 29.1 Å². The lowest BCUT2D eigenvalue weighted by Gasteiger charge is -2.49. The molecule has 2 aromatic carbocycles. The van der Waals surface area contributed by atoms with E-state index in [1.165, 1.54) is 4.90 Å². The second kappa shape index (κ2) is 6.78. The molecule has 4 rings (SSSR count). The number of anilines is 2. The van der Waals surface area contributed by atoms with E-state index in [9.17, 15) is 14.4 Å². The zero-order valence-electron chi connectivity index (χ0n) is 16.1. The van der Waals surface area contributed by atoms with Crippen LogP contribution < -0.4 is 10.2 Å². The van der Waals surface area contributed by atoms with Crippen molar-refractivity contribution in [2.45, 2.75) is 38.8 Å². The molecule has 1 fully saturated rings. The second-order valence-electron chi connectivity index (χ2n) is 7.29. The fourth-order valence-corrected chi connectivity index (χ4v) is 4.25. The Morgan fingerprint density at radius 1 is 1.11 bits per heavy atom. The highest BCUT2D eigenvalue weighted by atomic mass is 16.2. The molecule has 2 aliphatic heterocycles. The molecule has 1 N–H and O–H groups in total. The van der Waals surface area contributed by atoms with E-state index < -0.39 is 5.66 Å². The molecule has 6 nitrogen and oxygen atoms in total. The Balaban J connectivity index is 1.86. The number of amides is 3. The number of nitrogens with zero attached hydrogens (tertiary/aromatic N) is 2. The normalized spacial score (nSPS) is 20.8. The lowest BCUT2D eigenvalue weighted by atomic mass is 9.95.